The van der Waals surface area contributed by atoms with E-state index in [1.54, 1.807) is 18.5 Å². The molecule has 8 nitrogen and oxygen atoms in total. The van der Waals surface area contributed by atoms with Crippen molar-refractivity contribution in [3.8, 4) is 11.1 Å². The number of hydrogen-bond acceptors (Lipinski definition) is 7. The van der Waals surface area contributed by atoms with E-state index < -0.39 is 0 Å². The highest BCUT2D eigenvalue weighted by Gasteiger charge is 2.17. The fourth-order valence-corrected chi connectivity index (χ4v) is 4.36. The van der Waals surface area contributed by atoms with Crippen LogP contribution in [0, 0.1) is 0 Å². The molecule has 0 radical (unpaired) electrons. The van der Waals surface area contributed by atoms with Crippen LogP contribution in [0.2, 0.25) is 0 Å². The van der Waals surface area contributed by atoms with Crippen LogP contribution < -0.4 is 15.5 Å². The summed E-state index contributed by atoms with van der Waals surface area (Å²) in [6.45, 7) is 7.96. The monoisotopic (exact) mass is 481 g/mol. The van der Waals surface area contributed by atoms with Gasteiger partial charge in [0, 0.05) is 73.5 Å². The van der Waals surface area contributed by atoms with Crippen LogP contribution in [0.3, 0.4) is 0 Å². The van der Waals surface area contributed by atoms with Gasteiger partial charge in [-0.1, -0.05) is 12.1 Å². The number of nitrogens with zero attached hydrogens (tertiary/aromatic N) is 5. The van der Waals surface area contributed by atoms with E-state index in [0.29, 0.717) is 17.4 Å². The SMILES string of the molecule is CC(C)Nc1cncc(-c2ccc3cnc(NC(=O)c4ccnc(N5CCN(C)CC5)c4)cc3c2)c1. The number of anilines is 3. The molecule has 0 aliphatic carbocycles. The number of rotatable bonds is 6. The molecule has 1 aliphatic heterocycles. The number of aromatic nitrogens is 3. The molecule has 2 N–H and O–H groups in total. The third-order valence-corrected chi connectivity index (χ3v) is 6.33. The summed E-state index contributed by atoms with van der Waals surface area (Å²) in [6, 6.07) is 14.1. The molecule has 0 saturated carbocycles. The van der Waals surface area contributed by atoms with Gasteiger partial charge in [-0.15, -0.1) is 0 Å². The minimum absolute atomic E-state index is 0.201. The van der Waals surface area contributed by atoms with Gasteiger partial charge in [-0.25, -0.2) is 9.97 Å². The van der Waals surface area contributed by atoms with E-state index >= 15 is 0 Å². The van der Waals surface area contributed by atoms with Crippen LogP contribution in [0.5, 0.6) is 0 Å². The fraction of sp³-hybridized carbons (Fsp3) is 0.286. The van der Waals surface area contributed by atoms with Crippen LogP contribution in [-0.2, 0) is 0 Å². The van der Waals surface area contributed by atoms with Crippen molar-refractivity contribution in [1.29, 1.82) is 0 Å². The minimum atomic E-state index is -0.201. The Morgan fingerprint density at radius 2 is 1.72 bits per heavy atom. The summed E-state index contributed by atoms with van der Waals surface area (Å²) in [5.41, 5.74) is 3.63. The van der Waals surface area contributed by atoms with Crippen molar-refractivity contribution in [1.82, 2.24) is 19.9 Å². The molecule has 1 saturated heterocycles. The second-order valence-electron chi connectivity index (χ2n) is 9.54. The molecule has 8 heteroatoms. The molecule has 1 fully saturated rings. The average molecular weight is 482 g/mol. The predicted molar refractivity (Wildman–Crippen MR) is 146 cm³/mol. The Kier molecular flexibility index (Phi) is 6.77. The van der Waals surface area contributed by atoms with Crippen LogP contribution in [0.4, 0.5) is 17.3 Å². The molecule has 184 valence electrons. The van der Waals surface area contributed by atoms with E-state index in [4.69, 9.17) is 0 Å². The summed E-state index contributed by atoms with van der Waals surface area (Å²) in [7, 11) is 2.12. The molecule has 4 heterocycles. The Labute approximate surface area is 211 Å². The Hall–Kier alpha value is -4.04. The molecule has 1 aromatic carbocycles. The first-order valence-corrected chi connectivity index (χ1v) is 12.3. The summed E-state index contributed by atoms with van der Waals surface area (Å²) in [6.07, 6.45) is 7.17. The second kappa shape index (κ2) is 10.3. The standard InChI is InChI=1S/C28H31N7O/c1-19(2)32-25-13-24(16-29-18-25)20-4-5-22-17-31-26(14-23(22)12-20)33-28(36)21-6-7-30-27(15-21)35-10-8-34(3)9-11-35/h4-7,12-19,32H,8-11H2,1-3H3,(H,31,33,36). The Morgan fingerprint density at radius 1 is 0.889 bits per heavy atom. The molecular formula is C28H31N7O. The number of carbonyl (C=O) groups excluding carboxylic acids is 1. The van der Waals surface area contributed by atoms with Gasteiger partial charge < -0.3 is 20.4 Å². The minimum Gasteiger partial charge on any atom is -0.382 e. The van der Waals surface area contributed by atoms with E-state index in [-0.39, 0.29) is 5.91 Å². The number of benzene rings is 1. The van der Waals surface area contributed by atoms with Crippen LogP contribution in [0.1, 0.15) is 24.2 Å². The topological polar surface area (TPSA) is 86.3 Å². The van der Waals surface area contributed by atoms with E-state index in [2.05, 4.69) is 74.5 Å². The van der Waals surface area contributed by atoms with Gasteiger partial charge in [0.05, 0.1) is 5.69 Å². The average Bonchev–Trinajstić information content (AvgIpc) is 2.88. The van der Waals surface area contributed by atoms with Crippen molar-refractivity contribution < 1.29 is 4.79 Å². The summed E-state index contributed by atoms with van der Waals surface area (Å²) in [5.74, 6) is 1.14. The molecule has 36 heavy (non-hydrogen) atoms. The molecule has 3 aromatic heterocycles. The Balaban J connectivity index is 1.35. The lowest BCUT2D eigenvalue weighted by atomic mass is 10.0. The van der Waals surface area contributed by atoms with Gasteiger partial charge in [0.25, 0.3) is 5.91 Å². The van der Waals surface area contributed by atoms with Gasteiger partial charge in [-0.05, 0) is 62.2 Å². The first-order chi connectivity index (χ1) is 17.4. The van der Waals surface area contributed by atoms with Crippen molar-refractivity contribution in [2.75, 3.05) is 48.8 Å². The van der Waals surface area contributed by atoms with Crippen LogP contribution in [0.15, 0.2) is 67.3 Å². The summed E-state index contributed by atoms with van der Waals surface area (Å²) < 4.78 is 0. The van der Waals surface area contributed by atoms with Gasteiger partial charge >= 0.3 is 0 Å². The molecular weight excluding hydrogens is 450 g/mol. The highest BCUT2D eigenvalue weighted by Crippen LogP contribution is 2.27. The largest absolute Gasteiger partial charge is 0.382 e. The number of amides is 1. The molecule has 1 amide bonds. The quantitative estimate of drug-likeness (QED) is 0.419. The smallest absolute Gasteiger partial charge is 0.257 e. The molecule has 0 atom stereocenters. The maximum Gasteiger partial charge on any atom is 0.257 e. The van der Waals surface area contributed by atoms with Gasteiger partial charge in [-0.2, -0.15) is 0 Å². The third-order valence-electron chi connectivity index (χ3n) is 6.33. The normalized spacial score (nSPS) is 14.3. The van der Waals surface area contributed by atoms with E-state index in [1.165, 1.54) is 0 Å². The molecule has 1 aliphatic rings. The molecule has 0 spiro atoms. The van der Waals surface area contributed by atoms with Gasteiger partial charge in [0.1, 0.15) is 11.6 Å². The highest BCUT2D eigenvalue weighted by atomic mass is 16.1. The van der Waals surface area contributed by atoms with Crippen LogP contribution >= 0.6 is 0 Å². The molecule has 5 rings (SSSR count). The number of pyridine rings is 3. The van der Waals surface area contributed by atoms with Crippen molar-refractivity contribution >= 4 is 34.0 Å². The number of nitrogens with one attached hydrogen (secondary N) is 2. The molecule has 0 unspecified atom stereocenters. The zero-order chi connectivity index (χ0) is 25.1. The number of piperazine rings is 1. The van der Waals surface area contributed by atoms with E-state index in [1.807, 2.05) is 30.6 Å². The number of carbonyl (C=O) groups is 1. The fourth-order valence-electron chi connectivity index (χ4n) is 4.36. The highest BCUT2D eigenvalue weighted by molar-refractivity contribution is 6.05. The number of likely N-dealkylation sites (N-methyl/N-ethyl adjacent to an activating group) is 1. The second-order valence-corrected chi connectivity index (χ2v) is 9.54. The maximum absolute atomic E-state index is 13.0. The van der Waals surface area contributed by atoms with Crippen molar-refractivity contribution in [3.63, 3.8) is 0 Å². The van der Waals surface area contributed by atoms with Crippen molar-refractivity contribution in [2.45, 2.75) is 19.9 Å². The van der Waals surface area contributed by atoms with E-state index in [0.717, 1.165) is 59.6 Å². The Morgan fingerprint density at radius 3 is 2.53 bits per heavy atom. The lowest BCUT2D eigenvalue weighted by molar-refractivity contribution is 0.102. The third kappa shape index (κ3) is 5.44. The van der Waals surface area contributed by atoms with Crippen molar-refractivity contribution in [2.24, 2.45) is 0 Å². The Bertz CT molecular complexity index is 1380. The van der Waals surface area contributed by atoms with Gasteiger partial charge in [-0.3, -0.25) is 9.78 Å². The first kappa shape index (κ1) is 23.7. The zero-order valence-electron chi connectivity index (χ0n) is 20.9. The summed E-state index contributed by atoms with van der Waals surface area (Å²) in [5, 5.41) is 8.34. The molecule has 0 bridgehead atoms. The van der Waals surface area contributed by atoms with Gasteiger partial charge in [0.2, 0.25) is 0 Å². The number of hydrogen-bond donors (Lipinski definition) is 2. The zero-order valence-corrected chi connectivity index (χ0v) is 20.9. The van der Waals surface area contributed by atoms with Crippen LogP contribution in [0.25, 0.3) is 21.9 Å². The van der Waals surface area contributed by atoms with E-state index in [9.17, 15) is 4.79 Å². The van der Waals surface area contributed by atoms with Crippen LogP contribution in [-0.4, -0.2) is 65.0 Å². The maximum atomic E-state index is 13.0. The first-order valence-electron chi connectivity index (χ1n) is 12.3. The van der Waals surface area contributed by atoms with Gasteiger partial charge in [0.15, 0.2) is 0 Å². The van der Waals surface area contributed by atoms with Crippen molar-refractivity contribution in [3.05, 3.63) is 72.8 Å². The lowest BCUT2D eigenvalue weighted by Gasteiger charge is -2.33. The predicted octanol–water partition coefficient (Wildman–Crippen LogP) is 4.52. The number of fused-ring (bicyclic) bond motifs is 1. The lowest BCUT2D eigenvalue weighted by Crippen LogP contribution is -2.44. The summed E-state index contributed by atoms with van der Waals surface area (Å²) in [4.78, 5) is 30.9. The molecule has 4 aromatic rings. The summed E-state index contributed by atoms with van der Waals surface area (Å²) >= 11 is 0.